The van der Waals surface area contributed by atoms with E-state index in [-0.39, 0.29) is 17.1 Å². The van der Waals surface area contributed by atoms with E-state index in [1.54, 1.807) is 22.7 Å². The molecule has 3 nitrogen and oxygen atoms in total. The van der Waals surface area contributed by atoms with E-state index in [0.717, 1.165) is 22.7 Å². The predicted octanol–water partition coefficient (Wildman–Crippen LogP) is 3.62. The van der Waals surface area contributed by atoms with E-state index >= 15 is 0 Å². The summed E-state index contributed by atoms with van der Waals surface area (Å²) in [7, 11) is 0. The van der Waals surface area contributed by atoms with Crippen LogP contribution in [0.15, 0.2) is 41.0 Å². The summed E-state index contributed by atoms with van der Waals surface area (Å²) in [4.78, 5) is 4.27. The second kappa shape index (κ2) is 4.31. The normalized spacial score (nSPS) is 11.1. The number of nitrogens with two attached hydrogens (primary N) is 1. The Balaban J connectivity index is 2.34. The van der Waals surface area contributed by atoms with E-state index in [1.165, 1.54) is 0 Å². The van der Waals surface area contributed by atoms with Crippen LogP contribution in [0.1, 0.15) is 0 Å². The summed E-state index contributed by atoms with van der Waals surface area (Å²) in [5.74, 6) is -0.833. The molecular weight excluding hydrogens is 316 g/mol. The van der Waals surface area contributed by atoms with Gasteiger partial charge in [0.1, 0.15) is 23.1 Å². The number of benzene rings is 1. The van der Waals surface area contributed by atoms with Gasteiger partial charge in [0.05, 0.1) is 4.47 Å². The zero-order chi connectivity index (χ0) is 13.6. The lowest BCUT2D eigenvalue weighted by molar-refractivity contribution is 0.603. The lowest BCUT2D eigenvalue weighted by Gasteiger charge is -2.01. The topological polar surface area (TPSA) is 43.3 Å². The molecule has 0 spiro atoms. The van der Waals surface area contributed by atoms with E-state index in [0.29, 0.717) is 5.65 Å². The first-order valence-electron chi connectivity index (χ1n) is 5.45. The SMILES string of the molecule is Nc1c(-c2cc(F)ccc2F)nc2c(Br)cccn12. The number of hydrogen-bond acceptors (Lipinski definition) is 2. The zero-order valence-corrected chi connectivity index (χ0v) is 11.2. The van der Waals surface area contributed by atoms with Gasteiger partial charge in [-0.3, -0.25) is 4.40 Å². The van der Waals surface area contributed by atoms with Gasteiger partial charge in [0.15, 0.2) is 5.65 Å². The van der Waals surface area contributed by atoms with Crippen LogP contribution < -0.4 is 5.73 Å². The number of hydrogen-bond donors (Lipinski definition) is 1. The third-order valence-corrected chi connectivity index (χ3v) is 3.44. The number of nitrogens with zero attached hydrogens (tertiary/aromatic N) is 2. The minimum absolute atomic E-state index is 0.0492. The Bertz CT molecular complexity index is 783. The first-order chi connectivity index (χ1) is 9.08. The monoisotopic (exact) mass is 323 g/mol. The largest absolute Gasteiger partial charge is 0.383 e. The predicted molar refractivity (Wildman–Crippen MR) is 72.7 cm³/mol. The number of fused-ring (bicyclic) bond motifs is 1. The van der Waals surface area contributed by atoms with Gasteiger partial charge in [-0.15, -0.1) is 0 Å². The Labute approximate surface area is 115 Å². The van der Waals surface area contributed by atoms with Gasteiger partial charge in [-0.05, 0) is 46.3 Å². The van der Waals surface area contributed by atoms with E-state index in [4.69, 9.17) is 5.73 Å². The standard InChI is InChI=1S/C13H8BrF2N3/c14-9-2-1-5-19-12(17)11(18-13(9)19)8-6-7(15)3-4-10(8)16/h1-6H,17H2. The van der Waals surface area contributed by atoms with Crippen LogP contribution in [0.25, 0.3) is 16.9 Å². The Morgan fingerprint density at radius 1 is 1.21 bits per heavy atom. The molecule has 0 bridgehead atoms. The summed E-state index contributed by atoms with van der Waals surface area (Å²) < 4.78 is 29.4. The van der Waals surface area contributed by atoms with Gasteiger partial charge >= 0.3 is 0 Å². The van der Waals surface area contributed by atoms with E-state index in [2.05, 4.69) is 20.9 Å². The minimum Gasteiger partial charge on any atom is -0.383 e. The number of pyridine rings is 1. The molecule has 0 aliphatic heterocycles. The maximum absolute atomic E-state index is 13.8. The second-order valence-electron chi connectivity index (χ2n) is 4.02. The molecule has 0 amide bonds. The van der Waals surface area contributed by atoms with Gasteiger partial charge in [-0.1, -0.05) is 0 Å². The van der Waals surface area contributed by atoms with E-state index in [1.807, 2.05) is 0 Å². The molecule has 0 fully saturated rings. The van der Waals surface area contributed by atoms with Gasteiger partial charge in [0, 0.05) is 11.8 Å². The molecular formula is C13H8BrF2N3. The number of nitrogen functional groups attached to an aromatic ring is 1. The summed E-state index contributed by atoms with van der Waals surface area (Å²) in [6.07, 6.45) is 1.71. The molecule has 0 aliphatic rings. The molecule has 0 radical (unpaired) electrons. The highest BCUT2D eigenvalue weighted by molar-refractivity contribution is 9.10. The van der Waals surface area contributed by atoms with Gasteiger partial charge in [-0.2, -0.15) is 0 Å². The van der Waals surface area contributed by atoms with Crippen molar-refractivity contribution in [2.24, 2.45) is 0 Å². The maximum atomic E-state index is 13.8. The highest BCUT2D eigenvalue weighted by Gasteiger charge is 2.16. The number of imidazole rings is 1. The van der Waals surface area contributed by atoms with Gasteiger partial charge in [-0.25, -0.2) is 13.8 Å². The van der Waals surface area contributed by atoms with Crippen molar-refractivity contribution in [3.8, 4) is 11.3 Å². The molecule has 3 rings (SSSR count). The Morgan fingerprint density at radius 2 is 2.00 bits per heavy atom. The number of rotatable bonds is 1. The quantitative estimate of drug-likeness (QED) is 0.743. The van der Waals surface area contributed by atoms with Crippen molar-refractivity contribution in [1.29, 1.82) is 0 Å². The number of halogens is 3. The lowest BCUT2D eigenvalue weighted by atomic mass is 10.1. The summed E-state index contributed by atoms with van der Waals surface area (Å²) in [6, 6.07) is 6.78. The highest BCUT2D eigenvalue weighted by atomic mass is 79.9. The van der Waals surface area contributed by atoms with Crippen LogP contribution in [0.3, 0.4) is 0 Å². The van der Waals surface area contributed by atoms with Crippen molar-refractivity contribution < 1.29 is 8.78 Å². The second-order valence-corrected chi connectivity index (χ2v) is 4.87. The van der Waals surface area contributed by atoms with Crippen molar-refractivity contribution in [3.63, 3.8) is 0 Å². The van der Waals surface area contributed by atoms with Crippen molar-refractivity contribution >= 4 is 27.4 Å². The Kier molecular flexibility index (Phi) is 2.74. The Hall–Kier alpha value is -1.95. The van der Waals surface area contributed by atoms with Crippen LogP contribution in [0.4, 0.5) is 14.6 Å². The molecule has 0 unspecified atom stereocenters. The van der Waals surface area contributed by atoms with Crippen LogP contribution >= 0.6 is 15.9 Å². The van der Waals surface area contributed by atoms with Crippen LogP contribution in [-0.4, -0.2) is 9.38 Å². The van der Waals surface area contributed by atoms with E-state index < -0.39 is 11.6 Å². The molecule has 1 aromatic carbocycles. The zero-order valence-electron chi connectivity index (χ0n) is 9.57. The molecule has 6 heteroatoms. The van der Waals surface area contributed by atoms with Crippen LogP contribution in [0.5, 0.6) is 0 Å². The van der Waals surface area contributed by atoms with Crippen molar-refractivity contribution in [3.05, 3.63) is 52.6 Å². The molecule has 0 aliphatic carbocycles. The molecule has 19 heavy (non-hydrogen) atoms. The summed E-state index contributed by atoms with van der Waals surface area (Å²) in [5, 5.41) is 0. The molecule has 0 saturated carbocycles. The average Bonchev–Trinajstić information content (AvgIpc) is 2.72. The highest BCUT2D eigenvalue weighted by Crippen LogP contribution is 2.31. The Morgan fingerprint density at radius 3 is 2.74 bits per heavy atom. The third-order valence-electron chi connectivity index (χ3n) is 2.82. The van der Waals surface area contributed by atoms with Crippen molar-refractivity contribution in [1.82, 2.24) is 9.38 Å². The minimum atomic E-state index is -0.562. The maximum Gasteiger partial charge on any atom is 0.153 e. The van der Waals surface area contributed by atoms with Crippen LogP contribution in [-0.2, 0) is 0 Å². The number of aromatic nitrogens is 2. The summed E-state index contributed by atoms with van der Waals surface area (Å²) in [6.45, 7) is 0. The van der Waals surface area contributed by atoms with Gasteiger partial charge < -0.3 is 5.73 Å². The smallest absolute Gasteiger partial charge is 0.153 e. The molecule has 2 N–H and O–H groups in total. The molecule has 2 heterocycles. The molecule has 0 atom stereocenters. The molecule has 3 aromatic rings. The fourth-order valence-electron chi connectivity index (χ4n) is 1.93. The fourth-order valence-corrected chi connectivity index (χ4v) is 2.36. The van der Waals surface area contributed by atoms with Crippen molar-refractivity contribution in [2.75, 3.05) is 5.73 Å². The average molecular weight is 324 g/mol. The third kappa shape index (κ3) is 1.88. The first kappa shape index (κ1) is 12.1. The molecule has 96 valence electrons. The first-order valence-corrected chi connectivity index (χ1v) is 6.24. The van der Waals surface area contributed by atoms with E-state index in [9.17, 15) is 8.78 Å². The lowest BCUT2D eigenvalue weighted by Crippen LogP contribution is -1.95. The van der Waals surface area contributed by atoms with Crippen LogP contribution in [0, 0.1) is 11.6 Å². The van der Waals surface area contributed by atoms with Gasteiger partial charge in [0.25, 0.3) is 0 Å². The summed E-state index contributed by atoms with van der Waals surface area (Å²) in [5.41, 5.74) is 6.78. The summed E-state index contributed by atoms with van der Waals surface area (Å²) >= 11 is 3.34. The molecule has 0 saturated heterocycles. The van der Waals surface area contributed by atoms with Crippen LogP contribution in [0.2, 0.25) is 0 Å². The van der Waals surface area contributed by atoms with Gasteiger partial charge in [0.2, 0.25) is 0 Å². The fraction of sp³-hybridized carbons (Fsp3) is 0. The number of anilines is 1. The molecule has 2 aromatic heterocycles. The van der Waals surface area contributed by atoms with Crippen molar-refractivity contribution in [2.45, 2.75) is 0 Å².